The third-order valence-electron chi connectivity index (χ3n) is 3.11. The van der Waals surface area contributed by atoms with Gasteiger partial charge in [-0.1, -0.05) is 0 Å². The van der Waals surface area contributed by atoms with Crippen LogP contribution in [0.25, 0.3) is 0 Å². The highest BCUT2D eigenvalue weighted by molar-refractivity contribution is 7.71. The van der Waals surface area contributed by atoms with E-state index in [4.69, 9.17) is 17.0 Å². The number of H-pyrrole nitrogens is 2. The van der Waals surface area contributed by atoms with Gasteiger partial charge in [-0.2, -0.15) is 8.78 Å². The summed E-state index contributed by atoms with van der Waals surface area (Å²) in [5.74, 6) is -7.51. The first-order valence-corrected chi connectivity index (χ1v) is 7.07. The maximum Gasteiger partial charge on any atom is 0.400 e. The predicted octanol–water partition coefficient (Wildman–Crippen LogP) is -0.457. The Balaban J connectivity index is 2.01. The Bertz CT molecular complexity index is 683. The zero-order chi connectivity index (χ0) is 17.0. The van der Waals surface area contributed by atoms with Crippen LogP contribution in [0.2, 0.25) is 0 Å². The van der Waals surface area contributed by atoms with Gasteiger partial charge < -0.3 is 19.9 Å². The molecule has 2 heterocycles. The monoisotopic (exact) mass is 348 g/mol. The van der Waals surface area contributed by atoms with Crippen LogP contribution in [0.5, 0.6) is 0 Å². The highest BCUT2D eigenvalue weighted by Crippen LogP contribution is 2.18. The molecule has 1 aromatic rings. The summed E-state index contributed by atoms with van der Waals surface area (Å²) < 4.78 is 32.8. The summed E-state index contributed by atoms with van der Waals surface area (Å²) in [6.45, 7) is -0.0936. The van der Waals surface area contributed by atoms with Crippen molar-refractivity contribution in [3.05, 3.63) is 26.9 Å². The molecular weight excluding hydrogens is 334 g/mol. The zero-order valence-corrected chi connectivity index (χ0v) is 12.7. The number of aromatic nitrogens is 2. The Hall–Kier alpha value is -2.14. The minimum absolute atomic E-state index is 0.00194. The molecule has 126 valence electrons. The van der Waals surface area contributed by atoms with Gasteiger partial charge in [0.2, 0.25) is 0 Å². The lowest BCUT2D eigenvalue weighted by Crippen LogP contribution is -2.55. The largest absolute Gasteiger partial charge is 0.400 e. The number of nitrogens with zero attached hydrogens (tertiary/aromatic N) is 1. The summed E-state index contributed by atoms with van der Waals surface area (Å²) in [6, 6.07) is 1.07. The van der Waals surface area contributed by atoms with Crippen LogP contribution in [0, 0.1) is 4.77 Å². The van der Waals surface area contributed by atoms with Gasteiger partial charge in [-0.3, -0.25) is 19.4 Å². The number of hydrogen-bond donors (Lipinski definition) is 3. The fraction of sp³-hybridized carbons (Fsp3) is 0.500. The van der Waals surface area contributed by atoms with E-state index in [1.54, 1.807) is 0 Å². The first-order valence-electron chi connectivity index (χ1n) is 6.66. The number of halogens is 2. The molecular formula is C12H14F2N4O4S. The number of carbonyl (C=O) groups excluding carboxylic acids is 2. The summed E-state index contributed by atoms with van der Waals surface area (Å²) in [7, 11) is 0. The predicted molar refractivity (Wildman–Crippen MR) is 76.4 cm³/mol. The molecule has 1 aliphatic heterocycles. The second-order valence-corrected chi connectivity index (χ2v) is 5.18. The zero-order valence-electron chi connectivity index (χ0n) is 11.9. The van der Waals surface area contributed by atoms with Crippen molar-refractivity contribution in [1.29, 1.82) is 0 Å². The van der Waals surface area contributed by atoms with Crippen LogP contribution in [0.3, 0.4) is 0 Å². The molecule has 11 heteroatoms. The maximum atomic E-state index is 13.9. The van der Waals surface area contributed by atoms with E-state index in [0.29, 0.717) is 0 Å². The fourth-order valence-electron chi connectivity index (χ4n) is 1.96. The molecule has 0 atom stereocenters. The second-order valence-electron chi connectivity index (χ2n) is 4.77. The minimum Gasteiger partial charge on any atom is -0.378 e. The molecule has 1 fully saturated rings. The summed E-state index contributed by atoms with van der Waals surface area (Å²) in [5, 5.41) is 1.92. The fourth-order valence-corrected chi connectivity index (χ4v) is 2.19. The lowest BCUT2D eigenvalue weighted by Gasteiger charge is -2.29. The van der Waals surface area contributed by atoms with Crippen molar-refractivity contribution >= 4 is 24.0 Å². The van der Waals surface area contributed by atoms with E-state index in [1.807, 2.05) is 5.32 Å². The third-order valence-corrected chi connectivity index (χ3v) is 3.31. The second kappa shape index (κ2) is 6.96. The van der Waals surface area contributed by atoms with Gasteiger partial charge in [-0.05, 0) is 12.2 Å². The normalized spacial score (nSPS) is 15.3. The van der Waals surface area contributed by atoms with Crippen LogP contribution < -0.4 is 10.9 Å². The van der Waals surface area contributed by atoms with E-state index >= 15 is 0 Å². The number of ether oxygens (including phenoxy) is 1. The quantitative estimate of drug-likeness (QED) is 0.504. The molecule has 3 N–H and O–H groups in total. The van der Waals surface area contributed by atoms with Gasteiger partial charge >= 0.3 is 17.7 Å². The molecule has 0 aromatic carbocycles. The van der Waals surface area contributed by atoms with Gasteiger partial charge in [-0.25, -0.2) is 0 Å². The number of aromatic amines is 2. The van der Waals surface area contributed by atoms with E-state index in [9.17, 15) is 23.2 Å². The van der Waals surface area contributed by atoms with Crippen LogP contribution >= 0.6 is 12.2 Å². The number of alkyl halides is 2. The molecule has 2 amide bonds. The Morgan fingerprint density at radius 3 is 2.61 bits per heavy atom. The van der Waals surface area contributed by atoms with Gasteiger partial charge in [0, 0.05) is 24.8 Å². The van der Waals surface area contributed by atoms with Crippen molar-refractivity contribution in [1.82, 2.24) is 20.2 Å². The van der Waals surface area contributed by atoms with Crippen LogP contribution in [-0.4, -0.2) is 58.9 Å². The first kappa shape index (κ1) is 17.2. The SMILES string of the molecule is O=C(NCc1cc(=O)[nH]c(=S)[nH]1)C(F)(F)C(=O)N1CCOCC1. The highest BCUT2D eigenvalue weighted by Gasteiger charge is 2.49. The van der Waals surface area contributed by atoms with E-state index in [-0.39, 0.29) is 36.8 Å². The molecule has 0 unspecified atom stereocenters. The number of nitrogens with one attached hydrogen (secondary N) is 3. The summed E-state index contributed by atoms with van der Waals surface area (Å²) in [5.41, 5.74) is -0.393. The molecule has 1 aliphatic rings. The Morgan fingerprint density at radius 2 is 2.00 bits per heavy atom. The van der Waals surface area contributed by atoms with Crippen LogP contribution in [-0.2, 0) is 20.9 Å². The summed E-state index contributed by atoms with van der Waals surface area (Å²) >= 11 is 4.72. The van der Waals surface area contributed by atoms with E-state index in [0.717, 1.165) is 11.0 Å². The summed E-state index contributed by atoms with van der Waals surface area (Å²) in [4.78, 5) is 40.3. The van der Waals surface area contributed by atoms with E-state index in [1.165, 1.54) is 0 Å². The molecule has 0 saturated carbocycles. The minimum atomic E-state index is -4.20. The van der Waals surface area contributed by atoms with Crippen molar-refractivity contribution in [2.45, 2.75) is 12.5 Å². The molecule has 1 aromatic heterocycles. The van der Waals surface area contributed by atoms with Crippen molar-refractivity contribution in [2.24, 2.45) is 0 Å². The number of carbonyl (C=O) groups is 2. The van der Waals surface area contributed by atoms with Gasteiger partial charge in [0.25, 0.3) is 5.56 Å². The van der Waals surface area contributed by atoms with Crippen molar-refractivity contribution in [3.63, 3.8) is 0 Å². The average molecular weight is 348 g/mol. The molecule has 0 bridgehead atoms. The van der Waals surface area contributed by atoms with Gasteiger partial charge in [0.15, 0.2) is 4.77 Å². The Labute approximate surface area is 133 Å². The number of amides is 2. The topological polar surface area (TPSA) is 107 Å². The van der Waals surface area contributed by atoms with Gasteiger partial charge in [-0.15, -0.1) is 0 Å². The smallest absolute Gasteiger partial charge is 0.378 e. The van der Waals surface area contributed by atoms with Gasteiger partial charge in [0.05, 0.1) is 19.8 Å². The lowest BCUT2D eigenvalue weighted by molar-refractivity contribution is -0.170. The van der Waals surface area contributed by atoms with Crippen LogP contribution in [0.15, 0.2) is 10.9 Å². The van der Waals surface area contributed by atoms with Crippen LogP contribution in [0.4, 0.5) is 8.78 Å². The van der Waals surface area contributed by atoms with Crippen molar-refractivity contribution in [3.8, 4) is 0 Å². The molecule has 0 spiro atoms. The molecule has 8 nitrogen and oxygen atoms in total. The standard InChI is InChI=1S/C12H14F2N4O4S/c13-12(14,10(21)18-1-3-22-4-2-18)9(20)15-6-7-5-8(19)17-11(23)16-7/h5H,1-4,6H2,(H,15,20)(H2,16,17,19,23). The third kappa shape index (κ3) is 4.20. The first-order chi connectivity index (χ1) is 10.8. The molecule has 0 radical (unpaired) electrons. The Kier molecular flexibility index (Phi) is 5.21. The number of morpholine rings is 1. The molecule has 1 saturated heterocycles. The maximum absolute atomic E-state index is 13.9. The van der Waals surface area contributed by atoms with E-state index < -0.39 is 29.8 Å². The van der Waals surface area contributed by atoms with Crippen molar-refractivity contribution < 1.29 is 23.1 Å². The number of rotatable bonds is 4. The van der Waals surface area contributed by atoms with E-state index in [2.05, 4.69) is 9.97 Å². The molecule has 23 heavy (non-hydrogen) atoms. The highest BCUT2D eigenvalue weighted by atomic mass is 32.1. The molecule has 0 aliphatic carbocycles. The lowest BCUT2D eigenvalue weighted by atomic mass is 10.2. The average Bonchev–Trinajstić information content (AvgIpc) is 2.51. The van der Waals surface area contributed by atoms with Crippen LogP contribution in [0.1, 0.15) is 5.69 Å². The molecule has 2 rings (SSSR count). The van der Waals surface area contributed by atoms with Crippen molar-refractivity contribution in [2.75, 3.05) is 26.3 Å². The van der Waals surface area contributed by atoms with Gasteiger partial charge in [0.1, 0.15) is 0 Å². The summed E-state index contributed by atoms with van der Waals surface area (Å²) in [6.07, 6.45) is 0. The number of hydrogen-bond acceptors (Lipinski definition) is 5. The Morgan fingerprint density at radius 1 is 1.35 bits per heavy atom.